The Morgan fingerprint density at radius 2 is 1.91 bits per heavy atom. The molecular formula is C18H27N3O2. The van der Waals surface area contributed by atoms with Crippen molar-refractivity contribution in [3.8, 4) is 0 Å². The van der Waals surface area contributed by atoms with Crippen molar-refractivity contribution < 1.29 is 9.53 Å². The molecule has 1 unspecified atom stereocenters. The maximum atomic E-state index is 12.1. The molecule has 2 saturated heterocycles. The van der Waals surface area contributed by atoms with Gasteiger partial charge in [-0.25, -0.2) is 0 Å². The van der Waals surface area contributed by atoms with Gasteiger partial charge < -0.3 is 15.4 Å². The molecule has 2 aliphatic heterocycles. The Kier molecular flexibility index (Phi) is 6.02. The van der Waals surface area contributed by atoms with Crippen molar-refractivity contribution in [2.45, 2.75) is 38.3 Å². The largest absolute Gasteiger partial charge is 0.378 e. The summed E-state index contributed by atoms with van der Waals surface area (Å²) in [5.74, 6) is -0.0232. The minimum atomic E-state index is -0.250. The molecule has 0 saturated carbocycles. The van der Waals surface area contributed by atoms with Crippen molar-refractivity contribution in [3.63, 3.8) is 0 Å². The molecule has 2 fully saturated rings. The Morgan fingerprint density at radius 1 is 1.17 bits per heavy atom. The second-order valence-electron chi connectivity index (χ2n) is 6.46. The second-order valence-corrected chi connectivity index (χ2v) is 6.46. The Morgan fingerprint density at radius 3 is 2.57 bits per heavy atom. The summed E-state index contributed by atoms with van der Waals surface area (Å²) >= 11 is 0. The lowest BCUT2D eigenvalue weighted by molar-refractivity contribution is -0.120. The third-order valence-electron chi connectivity index (χ3n) is 4.56. The molecule has 5 heteroatoms. The van der Waals surface area contributed by atoms with Crippen LogP contribution in [-0.4, -0.2) is 49.7 Å². The zero-order valence-corrected chi connectivity index (χ0v) is 13.7. The fraction of sp³-hybridized carbons (Fsp3) is 0.611. The lowest BCUT2D eigenvalue weighted by Crippen LogP contribution is -2.48. The molecule has 1 aromatic carbocycles. The van der Waals surface area contributed by atoms with Gasteiger partial charge >= 0.3 is 0 Å². The van der Waals surface area contributed by atoms with Gasteiger partial charge in [-0.05, 0) is 43.6 Å². The fourth-order valence-corrected chi connectivity index (χ4v) is 3.21. The second kappa shape index (κ2) is 8.43. The number of ether oxygens (including phenoxy) is 1. The minimum Gasteiger partial charge on any atom is -0.378 e. The molecular weight excluding hydrogens is 290 g/mol. The quantitative estimate of drug-likeness (QED) is 0.892. The van der Waals surface area contributed by atoms with Crippen molar-refractivity contribution in [1.29, 1.82) is 0 Å². The van der Waals surface area contributed by atoms with Gasteiger partial charge in [-0.2, -0.15) is 0 Å². The molecule has 0 spiro atoms. The summed E-state index contributed by atoms with van der Waals surface area (Å²) in [5, 5.41) is 6.12. The molecule has 0 radical (unpaired) electrons. The summed E-state index contributed by atoms with van der Waals surface area (Å²) in [5.41, 5.74) is 2.16. The third-order valence-corrected chi connectivity index (χ3v) is 4.56. The zero-order valence-electron chi connectivity index (χ0n) is 13.7. The van der Waals surface area contributed by atoms with E-state index in [1.807, 2.05) is 12.1 Å². The smallest absolute Gasteiger partial charge is 0.243 e. The number of benzene rings is 1. The molecule has 0 aromatic heterocycles. The van der Waals surface area contributed by atoms with Crippen LogP contribution in [0, 0.1) is 0 Å². The number of rotatable bonds is 4. The first kappa shape index (κ1) is 16.4. The maximum Gasteiger partial charge on any atom is 0.243 e. The highest BCUT2D eigenvalue weighted by molar-refractivity contribution is 5.95. The van der Waals surface area contributed by atoms with Crippen LogP contribution in [0.4, 0.5) is 5.69 Å². The van der Waals surface area contributed by atoms with Gasteiger partial charge in [-0.15, -0.1) is 0 Å². The van der Waals surface area contributed by atoms with Crippen LogP contribution in [0.2, 0.25) is 0 Å². The highest BCUT2D eigenvalue weighted by Gasteiger charge is 2.21. The van der Waals surface area contributed by atoms with E-state index >= 15 is 0 Å². The molecule has 23 heavy (non-hydrogen) atoms. The number of hydrogen-bond donors (Lipinski definition) is 2. The molecule has 126 valence electrons. The maximum absolute atomic E-state index is 12.1. The van der Waals surface area contributed by atoms with E-state index in [9.17, 15) is 4.79 Å². The highest BCUT2D eigenvalue weighted by atomic mass is 16.5. The number of anilines is 1. The summed E-state index contributed by atoms with van der Waals surface area (Å²) in [6, 6.07) is 7.97. The van der Waals surface area contributed by atoms with Crippen LogP contribution in [0.25, 0.3) is 0 Å². The van der Waals surface area contributed by atoms with E-state index in [0.717, 1.165) is 18.8 Å². The summed E-state index contributed by atoms with van der Waals surface area (Å²) < 4.78 is 5.33. The summed E-state index contributed by atoms with van der Waals surface area (Å²) in [6.45, 7) is 5.25. The Labute approximate surface area is 138 Å². The van der Waals surface area contributed by atoms with E-state index in [1.54, 1.807) is 0 Å². The van der Waals surface area contributed by atoms with Gasteiger partial charge in [0.05, 0.1) is 13.2 Å². The lowest BCUT2D eigenvalue weighted by Gasteiger charge is -2.23. The van der Waals surface area contributed by atoms with Gasteiger partial charge in [0.15, 0.2) is 0 Å². The molecule has 2 N–H and O–H groups in total. The van der Waals surface area contributed by atoms with Gasteiger partial charge in [-0.1, -0.05) is 25.0 Å². The van der Waals surface area contributed by atoms with Gasteiger partial charge in [0.25, 0.3) is 0 Å². The zero-order chi connectivity index (χ0) is 15.9. The predicted molar refractivity (Wildman–Crippen MR) is 91.4 cm³/mol. The third kappa shape index (κ3) is 5.03. The highest BCUT2D eigenvalue weighted by Crippen LogP contribution is 2.15. The van der Waals surface area contributed by atoms with Crippen molar-refractivity contribution >= 4 is 11.6 Å². The van der Waals surface area contributed by atoms with Crippen LogP contribution in [0.3, 0.4) is 0 Å². The van der Waals surface area contributed by atoms with Crippen LogP contribution < -0.4 is 10.6 Å². The Bertz CT molecular complexity index is 489. The summed E-state index contributed by atoms with van der Waals surface area (Å²) in [6.07, 6.45) is 5.34. The molecule has 2 heterocycles. The number of nitrogens with zero attached hydrogens (tertiary/aromatic N) is 1. The van der Waals surface area contributed by atoms with Crippen molar-refractivity contribution in [2.24, 2.45) is 0 Å². The Hall–Kier alpha value is -1.43. The fourth-order valence-electron chi connectivity index (χ4n) is 3.21. The first-order valence-electron chi connectivity index (χ1n) is 8.74. The summed E-state index contributed by atoms with van der Waals surface area (Å²) in [4.78, 5) is 14.7. The van der Waals surface area contributed by atoms with Crippen LogP contribution in [-0.2, 0) is 16.1 Å². The van der Waals surface area contributed by atoms with E-state index in [2.05, 4.69) is 27.7 Å². The SMILES string of the molecule is O=C(Nc1ccc(CN2CCCCCC2)cc1)C1COCCN1. The van der Waals surface area contributed by atoms with Gasteiger partial charge in [0.1, 0.15) is 6.04 Å². The number of hydrogen-bond acceptors (Lipinski definition) is 4. The number of nitrogens with one attached hydrogen (secondary N) is 2. The van der Waals surface area contributed by atoms with Crippen molar-refractivity contribution in [3.05, 3.63) is 29.8 Å². The van der Waals surface area contributed by atoms with Crippen LogP contribution in [0.15, 0.2) is 24.3 Å². The van der Waals surface area contributed by atoms with Crippen molar-refractivity contribution in [2.75, 3.05) is 38.2 Å². The minimum absolute atomic E-state index is 0.0232. The summed E-state index contributed by atoms with van der Waals surface area (Å²) in [7, 11) is 0. The van der Waals surface area contributed by atoms with E-state index < -0.39 is 0 Å². The number of likely N-dealkylation sites (tertiary alicyclic amines) is 1. The van der Waals surface area contributed by atoms with E-state index in [0.29, 0.717) is 13.2 Å². The van der Waals surface area contributed by atoms with Crippen LogP contribution >= 0.6 is 0 Å². The van der Waals surface area contributed by atoms with E-state index in [4.69, 9.17) is 4.74 Å². The van der Waals surface area contributed by atoms with Gasteiger partial charge in [0.2, 0.25) is 5.91 Å². The van der Waals surface area contributed by atoms with Gasteiger partial charge in [-0.3, -0.25) is 9.69 Å². The molecule has 1 aromatic rings. The average Bonchev–Trinajstić information content (AvgIpc) is 2.86. The molecule has 0 aliphatic carbocycles. The predicted octanol–water partition coefficient (Wildman–Crippen LogP) is 1.99. The van der Waals surface area contributed by atoms with Crippen LogP contribution in [0.1, 0.15) is 31.2 Å². The topological polar surface area (TPSA) is 53.6 Å². The number of carbonyl (C=O) groups is 1. The average molecular weight is 317 g/mol. The molecule has 5 nitrogen and oxygen atoms in total. The van der Waals surface area contributed by atoms with Crippen LogP contribution in [0.5, 0.6) is 0 Å². The van der Waals surface area contributed by atoms with E-state index in [1.165, 1.54) is 44.3 Å². The Balaban J connectivity index is 1.51. The molecule has 2 aliphatic rings. The van der Waals surface area contributed by atoms with E-state index in [-0.39, 0.29) is 11.9 Å². The first-order valence-corrected chi connectivity index (χ1v) is 8.74. The standard InChI is InChI=1S/C18H27N3O2/c22-18(17-14-23-12-9-19-17)20-16-7-5-15(6-8-16)13-21-10-3-1-2-4-11-21/h5-8,17,19H,1-4,9-14H2,(H,20,22). The number of carbonyl (C=O) groups excluding carboxylic acids is 1. The molecule has 1 amide bonds. The molecule has 0 bridgehead atoms. The lowest BCUT2D eigenvalue weighted by atomic mass is 10.1. The number of amides is 1. The first-order chi connectivity index (χ1) is 11.3. The molecule has 1 atom stereocenters. The van der Waals surface area contributed by atoms with Crippen molar-refractivity contribution in [1.82, 2.24) is 10.2 Å². The molecule has 3 rings (SSSR count). The van der Waals surface area contributed by atoms with Gasteiger partial charge in [0, 0.05) is 18.8 Å². The normalized spacial score (nSPS) is 23.2. The number of morpholine rings is 1. The monoisotopic (exact) mass is 317 g/mol.